The first-order valence-electron chi connectivity index (χ1n) is 7.89. The second kappa shape index (κ2) is 5.81. The molecule has 7 heteroatoms. The Hall–Kier alpha value is -2.15. The van der Waals surface area contributed by atoms with Crippen LogP contribution in [0.4, 0.5) is 15.6 Å². The molecule has 0 saturated carbocycles. The lowest BCUT2D eigenvalue weighted by molar-refractivity contribution is 0.181. The van der Waals surface area contributed by atoms with Crippen LogP contribution in [0.25, 0.3) is 0 Å². The van der Waals surface area contributed by atoms with Gasteiger partial charge < -0.3 is 9.64 Å². The molecule has 23 heavy (non-hydrogen) atoms. The average molecular weight is 330 g/mol. The number of fused-ring (bicyclic) bond motifs is 1. The number of aryl methyl sites for hydroxylation is 1. The first-order chi connectivity index (χ1) is 11.3. The molecule has 2 aliphatic heterocycles. The first-order valence-corrected chi connectivity index (χ1v) is 8.66. The van der Waals surface area contributed by atoms with Gasteiger partial charge in [0.25, 0.3) is 0 Å². The van der Waals surface area contributed by atoms with Crippen LogP contribution in [0, 0.1) is 0 Å². The third-order valence-electron chi connectivity index (χ3n) is 4.34. The molecule has 1 fully saturated rings. The summed E-state index contributed by atoms with van der Waals surface area (Å²) in [6.07, 6.45) is 1.52. The van der Waals surface area contributed by atoms with Crippen molar-refractivity contribution in [2.75, 3.05) is 29.5 Å². The van der Waals surface area contributed by atoms with E-state index in [1.165, 1.54) is 22.7 Å². The number of carbonyl (C=O) groups is 1. The van der Waals surface area contributed by atoms with Crippen LogP contribution < -0.4 is 9.80 Å². The van der Waals surface area contributed by atoms with Crippen LogP contribution in [0.1, 0.15) is 23.9 Å². The largest absolute Gasteiger partial charge is 0.447 e. The van der Waals surface area contributed by atoms with Crippen LogP contribution in [-0.2, 0) is 24.1 Å². The van der Waals surface area contributed by atoms with Crippen molar-refractivity contribution in [1.29, 1.82) is 0 Å². The van der Waals surface area contributed by atoms with E-state index in [1.54, 1.807) is 4.90 Å². The van der Waals surface area contributed by atoms with Crippen molar-refractivity contribution in [1.82, 2.24) is 9.36 Å². The molecule has 1 aromatic heterocycles. The fourth-order valence-corrected chi connectivity index (χ4v) is 3.91. The van der Waals surface area contributed by atoms with Gasteiger partial charge in [0, 0.05) is 31.0 Å². The highest BCUT2D eigenvalue weighted by Gasteiger charge is 2.29. The highest BCUT2D eigenvalue weighted by atomic mass is 32.1. The maximum absolute atomic E-state index is 11.9. The minimum absolute atomic E-state index is 0.238. The molecule has 0 bridgehead atoms. The Kier molecular flexibility index (Phi) is 3.65. The van der Waals surface area contributed by atoms with Crippen LogP contribution in [0.2, 0.25) is 0 Å². The molecule has 1 saturated heterocycles. The van der Waals surface area contributed by atoms with E-state index in [2.05, 4.69) is 27.2 Å². The van der Waals surface area contributed by atoms with Gasteiger partial charge in [0.2, 0.25) is 5.13 Å². The lowest BCUT2D eigenvalue weighted by Crippen LogP contribution is -2.33. The lowest BCUT2D eigenvalue weighted by Gasteiger charge is -2.30. The third-order valence-corrected chi connectivity index (χ3v) is 5.15. The fraction of sp³-hybridized carbons (Fsp3) is 0.438. The molecular formula is C16H18N4O2S. The molecule has 3 heterocycles. The summed E-state index contributed by atoms with van der Waals surface area (Å²) in [5.74, 6) is 0.907. The number of benzene rings is 1. The Morgan fingerprint density at radius 1 is 1.35 bits per heavy atom. The van der Waals surface area contributed by atoms with Crippen LogP contribution in [0.5, 0.6) is 0 Å². The third kappa shape index (κ3) is 2.55. The maximum Gasteiger partial charge on any atom is 0.414 e. The van der Waals surface area contributed by atoms with Gasteiger partial charge in [-0.15, -0.1) is 0 Å². The average Bonchev–Trinajstić information content (AvgIpc) is 3.22. The van der Waals surface area contributed by atoms with Crippen molar-refractivity contribution in [2.24, 2.45) is 0 Å². The van der Waals surface area contributed by atoms with E-state index >= 15 is 0 Å². The molecule has 0 N–H and O–H groups in total. The molecule has 0 spiro atoms. The zero-order chi connectivity index (χ0) is 15.8. The van der Waals surface area contributed by atoms with Gasteiger partial charge in [0.15, 0.2) is 0 Å². The number of hydrogen-bond acceptors (Lipinski definition) is 6. The van der Waals surface area contributed by atoms with Crippen molar-refractivity contribution in [2.45, 2.75) is 26.3 Å². The summed E-state index contributed by atoms with van der Waals surface area (Å²) in [6.45, 7) is 4.88. The van der Waals surface area contributed by atoms with Crippen molar-refractivity contribution in [3.8, 4) is 0 Å². The highest BCUT2D eigenvalue weighted by Crippen LogP contribution is 2.32. The number of amides is 1. The monoisotopic (exact) mass is 330 g/mol. The SMILES string of the molecule is CCc1nsc(N2CCc3c(cccc3N3CCOC3=O)C2)n1. The zero-order valence-corrected chi connectivity index (χ0v) is 13.8. The number of aromatic nitrogens is 2. The number of cyclic esters (lactones) is 1. The minimum atomic E-state index is -0.238. The number of rotatable bonds is 3. The van der Waals surface area contributed by atoms with Crippen LogP contribution in [0.15, 0.2) is 18.2 Å². The number of hydrogen-bond donors (Lipinski definition) is 0. The smallest absolute Gasteiger partial charge is 0.414 e. The molecule has 4 rings (SSSR count). The standard InChI is InChI=1S/C16H18N4O2S/c1-2-14-17-15(23-18-14)19-7-6-12-11(10-19)4-3-5-13(12)20-8-9-22-16(20)21/h3-5H,2,6-10H2,1H3. The molecule has 0 radical (unpaired) electrons. The van der Waals surface area contributed by atoms with Crippen LogP contribution in [-0.4, -0.2) is 35.1 Å². The van der Waals surface area contributed by atoms with Crippen LogP contribution >= 0.6 is 11.5 Å². The number of ether oxygens (including phenoxy) is 1. The van der Waals surface area contributed by atoms with E-state index in [4.69, 9.17) is 4.74 Å². The first kappa shape index (κ1) is 14.4. The summed E-state index contributed by atoms with van der Waals surface area (Å²) in [7, 11) is 0. The van der Waals surface area contributed by atoms with Gasteiger partial charge in [-0.3, -0.25) is 4.90 Å². The van der Waals surface area contributed by atoms with E-state index in [0.29, 0.717) is 13.2 Å². The zero-order valence-electron chi connectivity index (χ0n) is 13.0. The van der Waals surface area contributed by atoms with Gasteiger partial charge in [-0.1, -0.05) is 19.1 Å². The summed E-state index contributed by atoms with van der Waals surface area (Å²) >= 11 is 1.47. The Labute approximate surface area is 138 Å². The van der Waals surface area contributed by atoms with Crippen LogP contribution in [0.3, 0.4) is 0 Å². The van der Waals surface area contributed by atoms with Crippen molar-refractivity contribution < 1.29 is 9.53 Å². The number of nitrogens with zero attached hydrogens (tertiary/aromatic N) is 4. The van der Waals surface area contributed by atoms with E-state index < -0.39 is 0 Å². The van der Waals surface area contributed by atoms with E-state index in [9.17, 15) is 4.79 Å². The Morgan fingerprint density at radius 2 is 2.26 bits per heavy atom. The van der Waals surface area contributed by atoms with Gasteiger partial charge in [-0.05, 0) is 23.6 Å². The summed E-state index contributed by atoms with van der Waals surface area (Å²) in [5, 5.41) is 0.985. The van der Waals surface area contributed by atoms with Crippen molar-refractivity contribution >= 4 is 28.4 Å². The highest BCUT2D eigenvalue weighted by molar-refractivity contribution is 7.09. The predicted octanol–water partition coefficient (Wildman–Crippen LogP) is 2.62. The normalized spacial score (nSPS) is 17.3. The second-order valence-electron chi connectivity index (χ2n) is 5.70. The minimum Gasteiger partial charge on any atom is -0.447 e. The summed E-state index contributed by atoms with van der Waals surface area (Å²) in [6, 6.07) is 6.16. The van der Waals surface area contributed by atoms with Gasteiger partial charge >= 0.3 is 6.09 Å². The predicted molar refractivity (Wildman–Crippen MR) is 89.2 cm³/mol. The van der Waals surface area contributed by atoms with Crippen molar-refractivity contribution in [3.05, 3.63) is 35.2 Å². The van der Waals surface area contributed by atoms with Gasteiger partial charge in [-0.2, -0.15) is 4.37 Å². The molecule has 1 aromatic carbocycles. The van der Waals surface area contributed by atoms with E-state index in [1.807, 2.05) is 12.1 Å². The summed E-state index contributed by atoms with van der Waals surface area (Å²) < 4.78 is 9.45. The molecular weight excluding hydrogens is 312 g/mol. The number of carbonyl (C=O) groups excluding carboxylic acids is 1. The van der Waals surface area contributed by atoms with E-state index in [-0.39, 0.29) is 6.09 Å². The molecule has 0 aliphatic carbocycles. The Bertz CT molecular complexity index is 745. The topological polar surface area (TPSA) is 58.6 Å². The lowest BCUT2D eigenvalue weighted by atomic mass is 9.97. The summed E-state index contributed by atoms with van der Waals surface area (Å²) in [5.41, 5.74) is 3.50. The van der Waals surface area contributed by atoms with E-state index in [0.717, 1.165) is 42.6 Å². The Balaban J connectivity index is 1.62. The Morgan fingerprint density at radius 3 is 3.00 bits per heavy atom. The van der Waals surface area contributed by atoms with Crippen molar-refractivity contribution in [3.63, 3.8) is 0 Å². The molecule has 2 aromatic rings. The van der Waals surface area contributed by atoms with Gasteiger partial charge in [-0.25, -0.2) is 9.78 Å². The molecule has 2 aliphatic rings. The molecule has 6 nitrogen and oxygen atoms in total. The maximum atomic E-state index is 11.9. The van der Waals surface area contributed by atoms with Gasteiger partial charge in [0.05, 0.1) is 12.2 Å². The molecule has 0 unspecified atom stereocenters. The molecule has 120 valence electrons. The molecule has 0 atom stereocenters. The number of anilines is 2. The summed E-state index contributed by atoms with van der Waals surface area (Å²) in [4.78, 5) is 20.5. The quantitative estimate of drug-likeness (QED) is 0.866. The molecule has 1 amide bonds. The fourth-order valence-electron chi connectivity index (χ4n) is 3.13. The second-order valence-corrected chi connectivity index (χ2v) is 6.43. The van der Waals surface area contributed by atoms with Gasteiger partial charge in [0.1, 0.15) is 12.4 Å².